The molecule has 1 saturated heterocycles. The van der Waals surface area contributed by atoms with E-state index >= 15 is 0 Å². The van der Waals surface area contributed by atoms with Crippen molar-refractivity contribution in [3.63, 3.8) is 0 Å². The third-order valence-electron chi connectivity index (χ3n) is 6.27. The Balaban J connectivity index is 1.52. The number of carbonyl (C=O) groups is 1. The minimum atomic E-state index is -4.18. The van der Waals surface area contributed by atoms with Gasteiger partial charge in [-0.15, -0.1) is 10.2 Å². The monoisotopic (exact) mass is 631 g/mol. The highest BCUT2D eigenvalue weighted by atomic mass is 79.9. The summed E-state index contributed by atoms with van der Waals surface area (Å²) in [6.07, 6.45) is 0. The molecule has 0 unspecified atom stereocenters. The van der Waals surface area contributed by atoms with Crippen molar-refractivity contribution in [1.82, 2.24) is 13.6 Å². The molecule has 14 heteroatoms. The number of carbonyl (C=O) groups excluding carboxylic acids is 1. The highest BCUT2D eigenvalue weighted by Crippen LogP contribution is 2.37. The molecule has 5 rings (SSSR count). The van der Waals surface area contributed by atoms with Gasteiger partial charge in [0.1, 0.15) is 6.04 Å². The molecule has 1 aromatic heterocycles. The molecule has 39 heavy (non-hydrogen) atoms. The van der Waals surface area contributed by atoms with Gasteiger partial charge in [0.05, 0.1) is 15.3 Å². The Morgan fingerprint density at radius 3 is 2.15 bits per heavy atom. The summed E-state index contributed by atoms with van der Waals surface area (Å²) >= 11 is 3.34. The fourth-order valence-electron chi connectivity index (χ4n) is 4.32. The normalized spacial score (nSPS) is 17.6. The van der Waals surface area contributed by atoms with Gasteiger partial charge in [0.2, 0.25) is 25.9 Å². The van der Waals surface area contributed by atoms with E-state index in [9.17, 15) is 26.7 Å². The number of nitrogens with zero attached hydrogens (tertiary/aromatic N) is 4. The zero-order chi connectivity index (χ0) is 27.8. The SMILES string of the molecule is O=C(N=Nc1c(O)[nH]c2ccc(Br)cc12)[C@@H]1CN(S(=O)(=O)c2ccccc2)CCN1S(=O)(=O)c1ccccc1. The quantitative estimate of drug-likeness (QED) is 0.307. The van der Waals surface area contributed by atoms with Crippen LogP contribution in [0, 0.1) is 0 Å². The summed E-state index contributed by atoms with van der Waals surface area (Å²) in [5.41, 5.74) is 0.532. The Morgan fingerprint density at radius 1 is 0.897 bits per heavy atom. The van der Waals surface area contributed by atoms with E-state index in [0.717, 1.165) is 8.61 Å². The molecule has 1 aliphatic rings. The van der Waals surface area contributed by atoms with Crippen LogP contribution in [0.4, 0.5) is 5.69 Å². The zero-order valence-corrected chi connectivity index (χ0v) is 23.4. The number of rotatable bonds is 6. The summed E-state index contributed by atoms with van der Waals surface area (Å²) in [5, 5.41) is 18.5. The molecule has 0 saturated carbocycles. The summed E-state index contributed by atoms with van der Waals surface area (Å²) < 4.78 is 56.3. The molecular weight excluding hydrogens is 610 g/mol. The van der Waals surface area contributed by atoms with E-state index in [-0.39, 0.29) is 34.4 Å². The second-order valence-corrected chi connectivity index (χ2v) is 13.4. The van der Waals surface area contributed by atoms with Gasteiger partial charge in [0, 0.05) is 29.5 Å². The van der Waals surface area contributed by atoms with Crippen LogP contribution in [0.5, 0.6) is 5.88 Å². The average molecular weight is 633 g/mol. The van der Waals surface area contributed by atoms with Crippen molar-refractivity contribution in [2.45, 2.75) is 15.8 Å². The number of benzene rings is 3. The number of fused-ring (bicyclic) bond motifs is 1. The number of azo groups is 1. The number of nitrogens with one attached hydrogen (secondary N) is 1. The molecule has 1 fully saturated rings. The third-order valence-corrected chi connectivity index (χ3v) is 10.6. The van der Waals surface area contributed by atoms with E-state index < -0.39 is 38.5 Å². The summed E-state index contributed by atoms with van der Waals surface area (Å²) in [6.45, 7) is -0.908. The lowest BCUT2D eigenvalue weighted by Crippen LogP contribution is -2.58. The van der Waals surface area contributed by atoms with Crippen molar-refractivity contribution in [1.29, 1.82) is 0 Å². The Hall–Kier alpha value is -3.43. The van der Waals surface area contributed by atoms with E-state index in [1.54, 1.807) is 54.6 Å². The van der Waals surface area contributed by atoms with Crippen LogP contribution in [-0.4, -0.2) is 67.1 Å². The maximum Gasteiger partial charge on any atom is 0.284 e. The maximum absolute atomic E-state index is 13.5. The van der Waals surface area contributed by atoms with Crippen LogP contribution < -0.4 is 0 Å². The minimum Gasteiger partial charge on any atom is -0.493 e. The van der Waals surface area contributed by atoms with Gasteiger partial charge in [-0.1, -0.05) is 52.3 Å². The van der Waals surface area contributed by atoms with E-state index in [2.05, 4.69) is 31.1 Å². The van der Waals surface area contributed by atoms with Gasteiger partial charge in [-0.3, -0.25) is 4.79 Å². The van der Waals surface area contributed by atoms with Crippen molar-refractivity contribution >= 4 is 58.5 Å². The molecular formula is C25H22BrN5O6S2. The number of aromatic amines is 1. The maximum atomic E-state index is 13.5. The van der Waals surface area contributed by atoms with Gasteiger partial charge in [-0.2, -0.15) is 8.61 Å². The highest BCUT2D eigenvalue weighted by Gasteiger charge is 2.43. The largest absolute Gasteiger partial charge is 0.493 e. The molecule has 11 nitrogen and oxygen atoms in total. The molecule has 1 aliphatic heterocycles. The van der Waals surface area contributed by atoms with Gasteiger partial charge in [0.15, 0.2) is 5.69 Å². The molecule has 4 aromatic rings. The lowest BCUT2D eigenvalue weighted by Gasteiger charge is -2.38. The van der Waals surface area contributed by atoms with Gasteiger partial charge < -0.3 is 10.1 Å². The molecule has 3 aromatic carbocycles. The van der Waals surface area contributed by atoms with Crippen molar-refractivity contribution in [2.24, 2.45) is 10.2 Å². The Kier molecular flexibility index (Phi) is 7.39. The first-order valence-corrected chi connectivity index (χ1v) is 15.3. The first kappa shape index (κ1) is 27.1. The van der Waals surface area contributed by atoms with E-state index in [1.807, 2.05) is 0 Å². The van der Waals surface area contributed by atoms with Gasteiger partial charge in [-0.25, -0.2) is 16.8 Å². The first-order chi connectivity index (χ1) is 18.6. The summed E-state index contributed by atoms with van der Waals surface area (Å²) in [4.78, 5) is 16.1. The van der Waals surface area contributed by atoms with Crippen LogP contribution in [0.2, 0.25) is 0 Å². The Morgan fingerprint density at radius 2 is 1.51 bits per heavy atom. The molecule has 1 atom stereocenters. The minimum absolute atomic E-state index is 0.0123. The molecule has 0 radical (unpaired) electrons. The third kappa shape index (κ3) is 5.25. The predicted molar refractivity (Wildman–Crippen MR) is 147 cm³/mol. The smallest absolute Gasteiger partial charge is 0.284 e. The van der Waals surface area contributed by atoms with E-state index in [1.165, 1.54) is 24.3 Å². The predicted octanol–water partition coefficient (Wildman–Crippen LogP) is 4.01. The second kappa shape index (κ2) is 10.6. The van der Waals surface area contributed by atoms with Crippen molar-refractivity contribution in [2.75, 3.05) is 19.6 Å². The average Bonchev–Trinajstić information content (AvgIpc) is 3.26. The van der Waals surface area contributed by atoms with Crippen LogP contribution in [0.1, 0.15) is 0 Å². The lowest BCUT2D eigenvalue weighted by molar-refractivity contribution is -0.122. The molecule has 1 amide bonds. The van der Waals surface area contributed by atoms with Crippen molar-refractivity contribution in [3.05, 3.63) is 83.3 Å². The Labute approximate surface area is 233 Å². The van der Waals surface area contributed by atoms with Crippen LogP contribution in [0.15, 0.2) is 103 Å². The topological polar surface area (TPSA) is 153 Å². The summed E-state index contributed by atoms with van der Waals surface area (Å²) in [5.74, 6) is -1.31. The molecule has 0 aliphatic carbocycles. The second-order valence-electron chi connectivity index (χ2n) is 8.67. The van der Waals surface area contributed by atoms with Crippen molar-refractivity contribution < 1.29 is 26.7 Å². The number of halogens is 1. The van der Waals surface area contributed by atoms with Gasteiger partial charge in [-0.05, 0) is 42.5 Å². The van der Waals surface area contributed by atoms with Crippen LogP contribution in [0.3, 0.4) is 0 Å². The van der Waals surface area contributed by atoms with Crippen LogP contribution >= 0.6 is 15.9 Å². The number of sulfonamides is 2. The summed E-state index contributed by atoms with van der Waals surface area (Å²) in [7, 11) is -8.21. The lowest BCUT2D eigenvalue weighted by atomic mass is 10.2. The van der Waals surface area contributed by atoms with E-state index in [4.69, 9.17) is 0 Å². The van der Waals surface area contributed by atoms with Crippen molar-refractivity contribution in [3.8, 4) is 5.88 Å². The van der Waals surface area contributed by atoms with E-state index in [0.29, 0.717) is 15.4 Å². The molecule has 0 bridgehead atoms. The number of amides is 1. The number of aromatic hydroxyl groups is 1. The number of H-pyrrole nitrogens is 1. The van der Waals surface area contributed by atoms with Crippen LogP contribution in [0.25, 0.3) is 10.9 Å². The fourth-order valence-corrected chi connectivity index (χ4v) is 7.73. The zero-order valence-electron chi connectivity index (χ0n) is 20.2. The Bertz CT molecular complexity index is 1780. The number of hydrogen-bond acceptors (Lipinski definition) is 7. The fraction of sp³-hybridized carbons (Fsp3) is 0.160. The molecule has 2 heterocycles. The standard InChI is InChI=1S/C25H22BrN5O6S2/c26-17-11-12-21-20(15-17)23(25(33)27-21)28-29-24(32)22-16-30(38(34,35)18-7-3-1-4-8-18)13-14-31(22)39(36,37)19-9-5-2-6-10-19/h1-12,15,22,27,33H,13-14,16H2/t22-/m0/s1. The molecule has 2 N–H and O–H groups in total. The first-order valence-electron chi connectivity index (χ1n) is 11.7. The number of hydrogen-bond donors (Lipinski definition) is 2. The molecule has 0 spiro atoms. The van der Waals surface area contributed by atoms with Gasteiger partial charge in [0.25, 0.3) is 5.91 Å². The highest BCUT2D eigenvalue weighted by molar-refractivity contribution is 9.10. The number of aromatic nitrogens is 1. The van der Waals surface area contributed by atoms with Gasteiger partial charge >= 0.3 is 0 Å². The van der Waals surface area contributed by atoms with Crippen LogP contribution in [-0.2, 0) is 24.8 Å². The summed E-state index contributed by atoms with van der Waals surface area (Å²) in [6, 6.07) is 18.9. The number of piperazine rings is 1. The molecule has 202 valence electrons.